The fourth-order valence-corrected chi connectivity index (χ4v) is 3.24. The van der Waals surface area contributed by atoms with Gasteiger partial charge in [0.25, 0.3) is 0 Å². The number of aromatic nitrogens is 2. The number of aliphatic hydroxyl groups excluding tert-OH is 1. The Morgan fingerprint density at radius 2 is 1.71 bits per heavy atom. The summed E-state index contributed by atoms with van der Waals surface area (Å²) in [5.41, 5.74) is 2.72. The molecule has 1 heterocycles. The number of allylic oxidation sites excluding steroid dienone is 2. The van der Waals surface area contributed by atoms with E-state index in [0.717, 1.165) is 30.4 Å². The summed E-state index contributed by atoms with van der Waals surface area (Å²) in [6.07, 6.45) is 11.4. The molecule has 0 aliphatic rings. The van der Waals surface area contributed by atoms with E-state index in [1.54, 1.807) is 13.0 Å². The number of hydrogen-bond acceptors (Lipinski definition) is 3. The van der Waals surface area contributed by atoms with Crippen molar-refractivity contribution in [3.63, 3.8) is 0 Å². The van der Waals surface area contributed by atoms with Crippen LogP contribution in [0.1, 0.15) is 37.3 Å². The standard InChI is InChI=1S/C26H26F2N2O/c1-3-7-20-14-15-23(25(28)24(20)27)22-16-29-26(30-17-22)21-12-10-19(11-13-21)9-6-4-5-8-18(2)31/h3,6,9-18,31H,1,4-5,7-8H2,2H3. The van der Waals surface area contributed by atoms with E-state index in [2.05, 4.69) is 22.6 Å². The van der Waals surface area contributed by atoms with Crippen LogP contribution in [0, 0.1) is 11.6 Å². The second kappa shape index (κ2) is 10.7. The quantitative estimate of drug-likeness (QED) is 0.323. The minimum Gasteiger partial charge on any atom is -0.393 e. The van der Waals surface area contributed by atoms with Gasteiger partial charge in [0.1, 0.15) is 0 Å². The van der Waals surface area contributed by atoms with Crippen molar-refractivity contribution in [2.75, 3.05) is 0 Å². The second-order valence-electron chi connectivity index (χ2n) is 7.49. The smallest absolute Gasteiger partial charge is 0.167 e. The maximum Gasteiger partial charge on any atom is 0.167 e. The van der Waals surface area contributed by atoms with Crippen LogP contribution in [0.2, 0.25) is 0 Å². The zero-order valence-electron chi connectivity index (χ0n) is 17.6. The lowest BCUT2D eigenvalue weighted by Crippen LogP contribution is -1.97. The molecule has 3 aromatic rings. The molecule has 0 amide bonds. The van der Waals surface area contributed by atoms with Gasteiger partial charge in [0.05, 0.1) is 6.10 Å². The minimum absolute atomic E-state index is 0.132. The van der Waals surface area contributed by atoms with E-state index in [9.17, 15) is 13.9 Å². The van der Waals surface area contributed by atoms with Crippen LogP contribution < -0.4 is 0 Å². The van der Waals surface area contributed by atoms with Crippen molar-refractivity contribution in [1.29, 1.82) is 0 Å². The molecule has 1 unspecified atom stereocenters. The van der Waals surface area contributed by atoms with E-state index in [0.29, 0.717) is 11.4 Å². The fraction of sp³-hybridized carbons (Fsp3) is 0.231. The van der Waals surface area contributed by atoms with Gasteiger partial charge in [-0.1, -0.05) is 54.6 Å². The molecule has 0 aliphatic heterocycles. The van der Waals surface area contributed by atoms with E-state index in [4.69, 9.17) is 0 Å². The molecule has 0 radical (unpaired) electrons. The average Bonchev–Trinajstić information content (AvgIpc) is 2.77. The van der Waals surface area contributed by atoms with E-state index in [1.807, 2.05) is 30.3 Å². The molecule has 31 heavy (non-hydrogen) atoms. The summed E-state index contributed by atoms with van der Waals surface area (Å²) in [5, 5.41) is 9.27. The van der Waals surface area contributed by atoms with Gasteiger partial charge in [-0.05, 0) is 43.7 Å². The van der Waals surface area contributed by atoms with Gasteiger partial charge in [0, 0.05) is 29.1 Å². The highest BCUT2D eigenvalue weighted by Crippen LogP contribution is 2.27. The molecule has 160 valence electrons. The lowest BCUT2D eigenvalue weighted by atomic mass is 10.0. The molecule has 0 saturated heterocycles. The molecule has 0 aliphatic carbocycles. The van der Waals surface area contributed by atoms with Crippen molar-refractivity contribution in [2.45, 2.75) is 38.7 Å². The monoisotopic (exact) mass is 420 g/mol. The lowest BCUT2D eigenvalue weighted by Gasteiger charge is -2.08. The van der Waals surface area contributed by atoms with Gasteiger partial charge < -0.3 is 5.11 Å². The van der Waals surface area contributed by atoms with Crippen LogP contribution >= 0.6 is 0 Å². The third kappa shape index (κ3) is 5.92. The van der Waals surface area contributed by atoms with Gasteiger partial charge in [-0.2, -0.15) is 0 Å². The third-order valence-corrected chi connectivity index (χ3v) is 4.96. The van der Waals surface area contributed by atoms with Crippen LogP contribution in [0.5, 0.6) is 0 Å². The Kier molecular flexibility index (Phi) is 7.79. The molecule has 5 heteroatoms. The highest BCUT2D eigenvalue weighted by molar-refractivity contribution is 5.65. The number of nitrogens with zero attached hydrogens (tertiary/aromatic N) is 2. The van der Waals surface area contributed by atoms with Gasteiger partial charge in [0.2, 0.25) is 0 Å². The molecule has 1 atom stereocenters. The number of halogens is 2. The second-order valence-corrected chi connectivity index (χ2v) is 7.49. The van der Waals surface area contributed by atoms with Crippen LogP contribution in [-0.2, 0) is 6.42 Å². The van der Waals surface area contributed by atoms with E-state index in [-0.39, 0.29) is 23.7 Å². The Hall–Kier alpha value is -3.18. The first-order chi connectivity index (χ1) is 15.0. The molecule has 0 saturated carbocycles. The third-order valence-electron chi connectivity index (χ3n) is 4.96. The Balaban J connectivity index is 1.70. The fourth-order valence-electron chi connectivity index (χ4n) is 3.24. The molecule has 0 bridgehead atoms. The lowest BCUT2D eigenvalue weighted by molar-refractivity contribution is 0.182. The Morgan fingerprint density at radius 3 is 2.35 bits per heavy atom. The van der Waals surface area contributed by atoms with Gasteiger partial charge in [0.15, 0.2) is 17.5 Å². The Bertz CT molecular complexity index is 1040. The van der Waals surface area contributed by atoms with Gasteiger partial charge in [-0.15, -0.1) is 6.58 Å². The Labute approximate surface area is 181 Å². The summed E-state index contributed by atoms with van der Waals surface area (Å²) in [4.78, 5) is 8.66. The summed E-state index contributed by atoms with van der Waals surface area (Å²) in [5.74, 6) is -1.25. The molecular formula is C26H26F2N2O. The zero-order valence-corrected chi connectivity index (χ0v) is 17.6. The van der Waals surface area contributed by atoms with Crippen molar-refractivity contribution in [1.82, 2.24) is 9.97 Å². The molecule has 1 aromatic heterocycles. The molecule has 3 rings (SSSR count). The predicted octanol–water partition coefficient (Wildman–Crippen LogP) is 6.38. The largest absolute Gasteiger partial charge is 0.393 e. The summed E-state index contributed by atoms with van der Waals surface area (Å²) in [7, 11) is 0. The highest BCUT2D eigenvalue weighted by atomic mass is 19.2. The van der Waals surface area contributed by atoms with Gasteiger partial charge in [-0.25, -0.2) is 18.7 Å². The molecule has 0 fully saturated rings. The average molecular weight is 421 g/mol. The van der Waals surface area contributed by atoms with Crippen molar-refractivity contribution in [3.8, 4) is 22.5 Å². The highest BCUT2D eigenvalue weighted by Gasteiger charge is 2.15. The van der Waals surface area contributed by atoms with Gasteiger partial charge in [-0.3, -0.25) is 0 Å². The topological polar surface area (TPSA) is 46.0 Å². The number of aliphatic hydroxyl groups is 1. The molecule has 2 aromatic carbocycles. The van der Waals surface area contributed by atoms with Crippen LogP contribution in [0.15, 0.2) is 67.5 Å². The Morgan fingerprint density at radius 1 is 1.00 bits per heavy atom. The van der Waals surface area contributed by atoms with Crippen LogP contribution in [0.3, 0.4) is 0 Å². The van der Waals surface area contributed by atoms with Crippen LogP contribution in [0.25, 0.3) is 28.6 Å². The first kappa shape index (κ1) is 22.5. The van der Waals surface area contributed by atoms with E-state index < -0.39 is 11.6 Å². The van der Waals surface area contributed by atoms with Crippen molar-refractivity contribution in [3.05, 3.63) is 90.3 Å². The van der Waals surface area contributed by atoms with Gasteiger partial charge >= 0.3 is 0 Å². The molecular weight excluding hydrogens is 394 g/mol. The molecule has 0 spiro atoms. The van der Waals surface area contributed by atoms with Crippen molar-refractivity contribution >= 4 is 6.08 Å². The van der Waals surface area contributed by atoms with E-state index in [1.165, 1.54) is 24.5 Å². The summed E-state index contributed by atoms with van der Waals surface area (Å²) in [6, 6.07) is 10.9. The van der Waals surface area contributed by atoms with Crippen molar-refractivity contribution < 1.29 is 13.9 Å². The summed E-state index contributed by atoms with van der Waals surface area (Å²) >= 11 is 0. The zero-order chi connectivity index (χ0) is 22.2. The number of benzene rings is 2. The van der Waals surface area contributed by atoms with Crippen LogP contribution in [0.4, 0.5) is 8.78 Å². The van der Waals surface area contributed by atoms with Crippen LogP contribution in [-0.4, -0.2) is 21.2 Å². The number of hydrogen-bond donors (Lipinski definition) is 1. The first-order valence-corrected chi connectivity index (χ1v) is 10.3. The predicted molar refractivity (Wildman–Crippen MR) is 121 cm³/mol. The number of unbranched alkanes of at least 4 members (excludes halogenated alkanes) is 1. The maximum atomic E-state index is 14.4. The first-order valence-electron chi connectivity index (χ1n) is 10.3. The minimum atomic E-state index is -0.903. The summed E-state index contributed by atoms with van der Waals surface area (Å²) < 4.78 is 28.6. The van der Waals surface area contributed by atoms with E-state index >= 15 is 0 Å². The van der Waals surface area contributed by atoms with Crippen molar-refractivity contribution in [2.24, 2.45) is 0 Å². The SMILES string of the molecule is C=CCc1ccc(-c2cnc(-c3ccc(C=CCCCC(C)O)cc3)nc2)c(F)c1F. The summed E-state index contributed by atoms with van der Waals surface area (Å²) in [6.45, 7) is 5.36. The maximum absolute atomic E-state index is 14.4. The normalized spacial score (nSPS) is 12.3. The number of rotatable bonds is 9. The molecule has 3 nitrogen and oxygen atoms in total. The molecule has 1 N–H and O–H groups in total.